The van der Waals surface area contributed by atoms with E-state index in [9.17, 15) is 4.79 Å². The Hall–Kier alpha value is -1.32. The van der Waals surface area contributed by atoms with E-state index < -0.39 is 0 Å². The molecule has 0 spiro atoms. The lowest BCUT2D eigenvalue weighted by Crippen LogP contribution is -2.27. The number of hydrogen-bond donors (Lipinski definition) is 2. The standard InChI is InChI=1S/C6H7N3O/c10-5-1-4-2-7-3-8-6(4)9-5/h2-3,6H,1H2,(H,7,8)(H,9,10). The van der Waals surface area contributed by atoms with Crippen LogP contribution in [-0.4, -0.2) is 18.4 Å². The van der Waals surface area contributed by atoms with Crippen molar-refractivity contribution in [1.29, 1.82) is 0 Å². The van der Waals surface area contributed by atoms with Crippen LogP contribution in [0.2, 0.25) is 0 Å². The van der Waals surface area contributed by atoms with Crippen LogP contribution < -0.4 is 10.6 Å². The summed E-state index contributed by atoms with van der Waals surface area (Å²) in [6.45, 7) is 0. The van der Waals surface area contributed by atoms with Gasteiger partial charge < -0.3 is 10.6 Å². The molecule has 1 unspecified atom stereocenters. The highest BCUT2D eigenvalue weighted by Gasteiger charge is 2.26. The second kappa shape index (κ2) is 1.83. The van der Waals surface area contributed by atoms with Gasteiger partial charge in [-0.2, -0.15) is 0 Å². The van der Waals surface area contributed by atoms with Crippen LogP contribution in [0, 0.1) is 0 Å². The number of amides is 1. The van der Waals surface area contributed by atoms with E-state index in [1.807, 2.05) is 6.20 Å². The maximum Gasteiger partial charge on any atom is 0.226 e. The fourth-order valence-corrected chi connectivity index (χ4v) is 1.10. The molecule has 0 saturated carbocycles. The van der Waals surface area contributed by atoms with Crippen molar-refractivity contribution in [3.63, 3.8) is 0 Å². The van der Waals surface area contributed by atoms with Crippen molar-refractivity contribution < 1.29 is 4.79 Å². The molecular weight excluding hydrogens is 130 g/mol. The van der Waals surface area contributed by atoms with E-state index in [1.165, 1.54) is 0 Å². The lowest BCUT2D eigenvalue weighted by molar-refractivity contribution is -0.119. The summed E-state index contributed by atoms with van der Waals surface area (Å²) in [6, 6.07) is 0. The number of rotatable bonds is 0. The Balaban J connectivity index is 2.26. The number of fused-ring (bicyclic) bond motifs is 1. The maximum absolute atomic E-state index is 10.8. The molecule has 2 aliphatic heterocycles. The summed E-state index contributed by atoms with van der Waals surface area (Å²) >= 11 is 0. The number of hydrogen-bond acceptors (Lipinski definition) is 3. The molecule has 0 aromatic heterocycles. The molecule has 1 saturated heterocycles. The number of nitrogens with one attached hydrogen (secondary N) is 2. The first kappa shape index (κ1) is 5.46. The number of aliphatic imine (C=N–C) groups is 1. The van der Waals surface area contributed by atoms with E-state index in [2.05, 4.69) is 15.6 Å². The third kappa shape index (κ3) is 0.689. The number of nitrogens with zero attached hydrogens (tertiary/aromatic N) is 1. The van der Waals surface area contributed by atoms with Crippen LogP contribution in [0.1, 0.15) is 6.42 Å². The van der Waals surface area contributed by atoms with Crippen molar-refractivity contribution >= 4 is 12.2 Å². The van der Waals surface area contributed by atoms with Crippen LogP contribution in [0.15, 0.2) is 16.8 Å². The number of carbonyl (C=O) groups excluding carboxylic acids is 1. The molecule has 2 heterocycles. The molecule has 4 heteroatoms. The predicted molar refractivity (Wildman–Crippen MR) is 36.3 cm³/mol. The second-order valence-corrected chi connectivity index (χ2v) is 2.31. The molecule has 0 aromatic rings. The molecule has 0 aromatic carbocycles. The minimum Gasteiger partial charge on any atom is -0.353 e. The van der Waals surface area contributed by atoms with Gasteiger partial charge in [0.1, 0.15) is 6.17 Å². The highest BCUT2D eigenvalue weighted by atomic mass is 16.2. The normalized spacial score (nSPS) is 28.6. The van der Waals surface area contributed by atoms with Gasteiger partial charge in [0.05, 0.1) is 12.8 Å². The Kier molecular flexibility index (Phi) is 1.00. The molecule has 0 radical (unpaired) electrons. The third-order valence-corrected chi connectivity index (χ3v) is 1.58. The maximum atomic E-state index is 10.8. The average molecular weight is 137 g/mol. The van der Waals surface area contributed by atoms with Crippen molar-refractivity contribution in [2.45, 2.75) is 12.6 Å². The van der Waals surface area contributed by atoms with Crippen LogP contribution in [0.4, 0.5) is 0 Å². The van der Waals surface area contributed by atoms with Crippen molar-refractivity contribution in [1.82, 2.24) is 10.6 Å². The molecule has 2 aliphatic rings. The fraction of sp³-hybridized carbons (Fsp3) is 0.333. The number of carbonyl (C=O) groups is 1. The molecule has 1 fully saturated rings. The summed E-state index contributed by atoms with van der Waals surface area (Å²) in [7, 11) is 0. The zero-order valence-corrected chi connectivity index (χ0v) is 5.29. The lowest BCUT2D eigenvalue weighted by atomic mass is 10.2. The molecule has 2 N–H and O–H groups in total. The van der Waals surface area contributed by atoms with Gasteiger partial charge in [0, 0.05) is 6.20 Å². The topological polar surface area (TPSA) is 53.5 Å². The largest absolute Gasteiger partial charge is 0.353 e. The SMILES string of the molecule is O=C1CC2=CNC=NC2N1. The summed E-state index contributed by atoms with van der Waals surface area (Å²) < 4.78 is 0. The lowest BCUT2D eigenvalue weighted by Gasteiger charge is -2.09. The van der Waals surface area contributed by atoms with Crippen molar-refractivity contribution in [2.24, 2.45) is 4.99 Å². The van der Waals surface area contributed by atoms with Crippen molar-refractivity contribution in [2.75, 3.05) is 0 Å². The smallest absolute Gasteiger partial charge is 0.226 e. The second-order valence-electron chi connectivity index (χ2n) is 2.31. The summed E-state index contributed by atoms with van der Waals surface area (Å²) in [5.41, 5.74) is 1.02. The summed E-state index contributed by atoms with van der Waals surface area (Å²) in [5, 5.41) is 5.54. The first-order chi connectivity index (χ1) is 4.86. The zero-order chi connectivity index (χ0) is 6.97. The zero-order valence-electron chi connectivity index (χ0n) is 5.29. The highest BCUT2D eigenvalue weighted by Crippen LogP contribution is 2.16. The minimum absolute atomic E-state index is 0.0529. The molecular formula is C6H7N3O. The van der Waals surface area contributed by atoms with E-state index in [0.717, 1.165) is 5.57 Å². The van der Waals surface area contributed by atoms with Gasteiger partial charge in [-0.25, -0.2) is 4.99 Å². The van der Waals surface area contributed by atoms with E-state index in [1.54, 1.807) is 6.34 Å². The van der Waals surface area contributed by atoms with E-state index in [4.69, 9.17) is 0 Å². The Labute approximate surface area is 58.0 Å². The van der Waals surface area contributed by atoms with E-state index in [0.29, 0.717) is 6.42 Å². The van der Waals surface area contributed by atoms with Gasteiger partial charge in [-0.1, -0.05) is 0 Å². The fourth-order valence-electron chi connectivity index (χ4n) is 1.10. The van der Waals surface area contributed by atoms with Crippen LogP contribution >= 0.6 is 0 Å². The van der Waals surface area contributed by atoms with Gasteiger partial charge in [-0.15, -0.1) is 0 Å². The van der Waals surface area contributed by atoms with Crippen LogP contribution in [-0.2, 0) is 4.79 Å². The molecule has 4 nitrogen and oxygen atoms in total. The van der Waals surface area contributed by atoms with Crippen LogP contribution in [0.5, 0.6) is 0 Å². The molecule has 1 atom stereocenters. The van der Waals surface area contributed by atoms with E-state index in [-0.39, 0.29) is 12.1 Å². The molecule has 0 bridgehead atoms. The van der Waals surface area contributed by atoms with E-state index >= 15 is 0 Å². The molecule has 0 aliphatic carbocycles. The summed E-state index contributed by atoms with van der Waals surface area (Å²) in [4.78, 5) is 14.8. The predicted octanol–water partition coefficient (Wildman–Crippen LogP) is -0.652. The average Bonchev–Trinajstić information content (AvgIpc) is 2.27. The van der Waals surface area contributed by atoms with Gasteiger partial charge in [-0.05, 0) is 5.57 Å². The molecule has 52 valence electrons. The van der Waals surface area contributed by atoms with Gasteiger partial charge >= 0.3 is 0 Å². The molecule has 2 rings (SSSR count). The Bertz CT molecular complexity index is 231. The monoisotopic (exact) mass is 137 g/mol. The van der Waals surface area contributed by atoms with Gasteiger partial charge in [0.15, 0.2) is 0 Å². The van der Waals surface area contributed by atoms with Gasteiger partial charge in [0.25, 0.3) is 0 Å². The first-order valence-electron chi connectivity index (χ1n) is 3.12. The van der Waals surface area contributed by atoms with Gasteiger partial charge in [0.2, 0.25) is 5.91 Å². The molecule has 10 heavy (non-hydrogen) atoms. The first-order valence-corrected chi connectivity index (χ1v) is 3.12. The third-order valence-electron chi connectivity index (χ3n) is 1.58. The summed E-state index contributed by atoms with van der Waals surface area (Å²) in [6.07, 6.45) is 3.79. The Morgan fingerprint density at radius 1 is 1.70 bits per heavy atom. The minimum atomic E-state index is -0.0891. The van der Waals surface area contributed by atoms with Crippen LogP contribution in [0.3, 0.4) is 0 Å². The van der Waals surface area contributed by atoms with Gasteiger partial charge in [-0.3, -0.25) is 4.79 Å². The van der Waals surface area contributed by atoms with Crippen molar-refractivity contribution in [3.05, 3.63) is 11.8 Å². The highest BCUT2D eigenvalue weighted by molar-refractivity contribution is 5.84. The van der Waals surface area contributed by atoms with Crippen molar-refractivity contribution in [3.8, 4) is 0 Å². The Morgan fingerprint density at radius 3 is 3.40 bits per heavy atom. The quantitative estimate of drug-likeness (QED) is 0.466. The summed E-state index contributed by atoms with van der Waals surface area (Å²) in [5.74, 6) is 0.0529. The Morgan fingerprint density at radius 2 is 2.60 bits per heavy atom. The van der Waals surface area contributed by atoms with Crippen LogP contribution in [0.25, 0.3) is 0 Å². The molecule has 1 amide bonds.